The van der Waals surface area contributed by atoms with Gasteiger partial charge in [-0.05, 0) is 61.8 Å². The van der Waals surface area contributed by atoms with Crippen LogP contribution in [0.4, 0.5) is 4.39 Å². The van der Waals surface area contributed by atoms with Crippen LogP contribution < -0.4 is 0 Å². The van der Waals surface area contributed by atoms with Gasteiger partial charge in [0.05, 0.1) is 11.2 Å². The van der Waals surface area contributed by atoms with E-state index in [-0.39, 0.29) is 0 Å². The summed E-state index contributed by atoms with van der Waals surface area (Å²) in [5.74, 6) is 0. The van der Waals surface area contributed by atoms with E-state index in [1.165, 1.54) is 0 Å². The molecule has 0 N–H and O–H groups in total. The van der Waals surface area contributed by atoms with Crippen LogP contribution in [0.1, 0.15) is 62.3 Å². The average molecular weight is 350 g/mol. The molecule has 1 rings (SSSR count). The standard InChI is InChI=1S/C18H36FO3P/c1-13(2)14(3,4)21-17(8,15(5,6)20-10)18(9,16(13,7)19)22-23(11)12/h1-12H3/t16?,17-,18+/m1/s1. The molecular weight excluding hydrogens is 314 g/mol. The van der Waals surface area contributed by atoms with Crippen molar-refractivity contribution in [2.45, 2.75) is 90.4 Å². The molecule has 5 heteroatoms. The number of halogens is 1. The molecule has 0 aromatic rings. The molecule has 0 aromatic heterocycles. The first-order valence-corrected chi connectivity index (χ1v) is 10.4. The predicted molar refractivity (Wildman–Crippen MR) is 96.2 cm³/mol. The highest BCUT2D eigenvalue weighted by Crippen LogP contribution is 2.65. The molecule has 0 aliphatic carbocycles. The first kappa shape index (κ1) is 21.3. The van der Waals surface area contributed by atoms with Crippen LogP contribution in [0.15, 0.2) is 0 Å². The number of hydrogen-bond acceptors (Lipinski definition) is 3. The lowest BCUT2D eigenvalue weighted by atomic mass is 9.52. The third-order valence-corrected chi connectivity index (χ3v) is 7.70. The van der Waals surface area contributed by atoms with Crippen molar-refractivity contribution in [3.05, 3.63) is 0 Å². The Morgan fingerprint density at radius 1 is 0.957 bits per heavy atom. The SMILES string of the molecule is COC(C)(C)[C@@]1(C)OC(C)(C)C(C)(C)C(C)(F)[C@]1(C)OP(C)C. The summed E-state index contributed by atoms with van der Waals surface area (Å²) in [6.07, 6.45) is 0. The molecule has 1 fully saturated rings. The summed E-state index contributed by atoms with van der Waals surface area (Å²) in [6, 6.07) is 0. The van der Waals surface area contributed by atoms with Crippen molar-refractivity contribution in [2.24, 2.45) is 5.41 Å². The fraction of sp³-hybridized carbons (Fsp3) is 1.00. The molecule has 23 heavy (non-hydrogen) atoms. The van der Waals surface area contributed by atoms with Crippen molar-refractivity contribution in [3.63, 3.8) is 0 Å². The average Bonchev–Trinajstić information content (AvgIpc) is 2.34. The first-order valence-electron chi connectivity index (χ1n) is 8.24. The van der Waals surface area contributed by atoms with Gasteiger partial charge >= 0.3 is 0 Å². The van der Waals surface area contributed by atoms with Gasteiger partial charge in [-0.15, -0.1) is 0 Å². The van der Waals surface area contributed by atoms with Crippen LogP contribution in [0.3, 0.4) is 0 Å². The highest BCUT2D eigenvalue weighted by molar-refractivity contribution is 7.50. The Bertz CT molecular complexity index is 459. The summed E-state index contributed by atoms with van der Waals surface area (Å²) in [5, 5.41) is 0. The third-order valence-electron chi connectivity index (χ3n) is 6.97. The van der Waals surface area contributed by atoms with Gasteiger partial charge in [-0.25, -0.2) is 4.39 Å². The predicted octanol–water partition coefficient (Wildman–Crippen LogP) is 5.17. The zero-order valence-corrected chi connectivity index (χ0v) is 17.9. The summed E-state index contributed by atoms with van der Waals surface area (Å²) >= 11 is 0. The van der Waals surface area contributed by atoms with E-state index in [2.05, 4.69) is 0 Å². The minimum atomic E-state index is -1.63. The summed E-state index contributed by atoms with van der Waals surface area (Å²) in [7, 11) is 0.848. The number of ether oxygens (including phenoxy) is 2. The van der Waals surface area contributed by atoms with Gasteiger partial charge in [0, 0.05) is 20.7 Å². The molecule has 1 aliphatic rings. The van der Waals surface area contributed by atoms with E-state index in [0.29, 0.717) is 0 Å². The van der Waals surface area contributed by atoms with Crippen LogP contribution >= 0.6 is 8.15 Å². The van der Waals surface area contributed by atoms with E-state index >= 15 is 4.39 Å². The second-order valence-corrected chi connectivity index (χ2v) is 10.7. The molecule has 1 heterocycles. The van der Waals surface area contributed by atoms with Gasteiger partial charge < -0.3 is 14.0 Å². The zero-order valence-electron chi connectivity index (χ0n) is 17.0. The van der Waals surface area contributed by atoms with Gasteiger partial charge in [-0.2, -0.15) is 0 Å². The Balaban J connectivity index is 3.74. The molecule has 0 saturated carbocycles. The van der Waals surface area contributed by atoms with Crippen molar-refractivity contribution in [1.29, 1.82) is 0 Å². The van der Waals surface area contributed by atoms with Gasteiger partial charge in [0.2, 0.25) is 0 Å². The molecule has 3 nitrogen and oxygen atoms in total. The Kier molecular flexibility index (Phi) is 5.20. The molecule has 0 spiro atoms. The largest absolute Gasteiger partial charge is 0.376 e. The second kappa shape index (κ2) is 5.62. The third kappa shape index (κ3) is 2.60. The summed E-state index contributed by atoms with van der Waals surface area (Å²) in [4.78, 5) is 0. The molecule has 0 amide bonds. The summed E-state index contributed by atoms with van der Waals surface area (Å²) < 4.78 is 35.1. The van der Waals surface area contributed by atoms with Crippen molar-refractivity contribution < 1.29 is 18.4 Å². The monoisotopic (exact) mass is 350 g/mol. The Morgan fingerprint density at radius 3 is 1.74 bits per heavy atom. The number of hydrogen-bond donors (Lipinski definition) is 0. The Hall–Kier alpha value is 0.240. The normalized spacial score (nSPS) is 40.4. The Morgan fingerprint density at radius 2 is 1.39 bits per heavy atom. The fourth-order valence-electron chi connectivity index (χ4n) is 3.77. The second-order valence-electron chi connectivity index (χ2n) is 8.92. The van der Waals surface area contributed by atoms with Gasteiger partial charge in [-0.3, -0.25) is 0 Å². The van der Waals surface area contributed by atoms with Crippen LogP contribution in [0, 0.1) is 5.41 Å². The van der Waals surface area contributed by atoms with Crippen molar-refractivity contribution in [3.8, 4) is 0 Å². The number of rotatable bonds is 4. The topological polar surface area (TPSA) is 27.7 Å². The molecule has 0 bridgehead atoms. The molecule has 0 radical (unpaired) electrons. The van der Waals surface area contributed by atoms with Crippen LogP contribution in [0.5, 0.6) is 0 Å². The minimum Gasteiger partial charge on any atom is -0.376 e. The number of alkyl halides is 1. The van der Waals surface area contributed by atoms with Gasteiger partial charge in [0.25, 0.3) is 0 Å². The fourth-order valence-corrected chi connectivity index (χ4v) is 4.85. The van der Waals surface area contributed by atoms with E-state index in [1.54, 1.807) is 14.0 Å². The summed E-state index contributed by atoms with van der Waals surface area (Å²) in [5.41, 5.74) is -5.91. The van der Waals surface area contributed by atoms with E-state index in [4.69, 9.17) is 14.0 Å². The maximum Gasteiger partial charge on any atom is 0.147 e. The zero-order chi connectivity index (χ0) is 18.7. The lowest BCUT2D eigenvalue weighted by molar-refractivity contribution is -0.383. The molecule has 1 unspecified atom stereocenters. The summed E-state index contributed by atoms with van der Waals surface area (Å²) in [6.45, 7) is 21.0. The molecule has 0 aromatic carbocycles. The minimum absolute atomic E-state index is 0.686. The highest BCUT2D eigenvalue weighted by atomic mass is 31.1. The maximum absolute atomic E-state index is 16.5. The van der Waals surface area contributed by atoms with Gasteiger partial charge in [-0.1, -0.05) is 13.8 Å². The van der Waals surface area contributed by atoms with Crippen LogP contribution in [0.2, 0.25) is 0 Å². The molecular formula is C18H36FO3P. The van der Waals surface area contributed by atoms with Crippen LogP contribution in [-0.4, -0.2) is 48.5 Å². The van der Waals surface area contributed by atoms with Gasteiger partial charge in [0.1, 0.15) is 16.9 Å². The van der Waals surface area contributed by atoms with Crippen LogP contribution in [-0.2, 0) is 14.0 Å². The van der Waals surface area contributed by atoms with Crippen molar-refractivity contribution >= 4 is 8.15 Å². The van der Waals surface area contributed by atoms with Gasteiger partial charge in [0.15, 0.2) is 0 Å². The van der Waals surface area contributed by atoms with E-state index in [9.17, 15) is 0 Å². The lowest BCUT2D eigenvalue weighted by Crippen LogP contribution is -2.82. The van der Waals surface area contributed by atoms with Crippen LogP contribution in [0.25, 0.3) is 0 Å². The smallest absolute Gasteiger partial charge is 0.147 e. The molecule has 3 atom stereocenters. The van der Waals surface area contributed by atoms with Crippen molar-refractivity contribution in [2.75, 3.05) is 20.4 Å². The quantitative estimate of drug-likeness (QED) is 0.655. The molecule has 1 saturated heterocycles. The van der Waals surface area contributed by atoms with Crippen molar-refractivity contribution in [1.82, 2.24) is 0 Å². The van der Waals surface area contributed by atoms with E-state index in [1.807, 2.05) is 68.7 Å². The molecule has 1 aliphatic heterocycles. The molecule has 138 valence electrons. The number of methoxy groups -OCH3 is 1. The maximum atomic E-state index is 16.5. The Labute approximate surface area is 143 Å². The highest BCUT2D eigenvalue weighted by Gasteiger charge is 2.76. The lowest BCUT2D eigenvalue weighted by Gasteiger charge is -2.69. The first-order chi connectivity index (χ1) is 9.93. The van der Waals surface area contributed by atoms with E-state index in [0.717, 1.165) is 0 Å². The van der Waals surface area contributed by atoms with E-state index < -0.39 is 41.6 Å².